The lowest BCUT2D eigenvalue weighted by atomic mass is 9.92. The van der Waals surface area contributed by atoms with Crippen LogP contribution in [0.25, 0.3) is 0 Å². The van der Waals surface area contributed by atoms with Crippen LogP contribution in [0.15, 0.2) is 60.7 Å². The lowest BCUT2D eigenvalue weighted by molar-refractivity contribution is 0.301. The minimum atomic E-state index is 0.523. The van der Waals surface area contributed by atoms with E-state index in [0.29, 0.717) is 5.92 Å². The van der Waals surface area contributed by atoms with Crippen molar-refractivity contribution < 1.29 is 0 Å². The van der Waals surface area contributed by atoms with Gasteiger partial charge in [-0.05, 0) is 30.6 Å². The smallest absolute Gasteiger partial charge is 0.0107 e. The average molecular weight is 310 g/mol. The molecule has 0 aromatic heterocycles. The van der Waals surface area contributed by atoms with Crippen LogP contribution in [-0.2, 0) is 6.42 Å². The fourth-order valence-corrected chi connectivity index (χ4v) is 2.98. The third-order valence-corrected chi connectivity index (χ3v) is 4.49. The van der Waals surface area contributed by atoms with Gasteiger partial charge in [0.1, 0.15) is 0 Å². The molecule has 2 aromatic carbocycles. The summed E-state index contributed by atoms with van der Waals surface area (Å²) in [5.41, 5.74) is 2.83. The second-order valence-corrected chi connectivity index (χ2v) is 6.03. The maximum atomic E-state index is 3.66. The maximum Gasteiger partial charge on any atom is 0.0107 e. The molecule has 0 saturated heterocycles. The average Bonchev–Trinajstić information content (AvgIpc) is 2.62. The number of nitrogens with zero attached hydrogens (tertiary/aromatic N) is 1. The zero-order valence-corrected chi connectivity index (χ0v) is 14.5. The molecule has 2 rings (SSSR count). The first kappa shape index (κ1) is 17.7. The van der Waals surface area contributed by atoms with Crippen molar-refractivity contribution in [1.29, 1.82) is 0 Å². The number of nitrogens with one attached hydrogen (secondary N) is 1. The third kappa shape index (κ3) is 6.17. The monoisotopic (exact) mass is 310 g/mol. The van der Waals surface area contributed by atoms with E-state index in [-0.39, 0.29) is 0 Å². The summed E-state index contributed by atoms with van der Waals surface area (Å²) >= 11 is 0. The standard InChI is InChI=1S/C21H30N2/c1-3-23(4-2)16-15-22-18-21(20-13-9-6-10-14-20)17-19-11-7-5-8-12-19/h5-14,21-22H,3-4,15-18H2,1-2H3. The number of likely N-dealkylation sites (N-methyl/N-ethyl adjacent to an activating group) is 1. The van der Waals surface area contributed by atoms with Crippen LogP contribution in [0.3, 0.4) is 0 Å². The summed E-state index contributed by atoms with van der Waals surface area (Å²) in [5, 5.41) is 3.66. The van der Waals surface area contributed by atoms with Gasteiger partial charge in [-0.2, -0.15) is 0 Å². The number of rotatable bonds is 10. The highest BCUT2D eigenvalue weighted by molar-refractivity contribution is 5.24. The summed E-state index contributed by atoms with van der Waals surface area (Å²) in [6.45, 7) is 9.92. The van der Waals surface area contributed by atoms with Crippen LogP contribution in [0.2, 0.25) is 0 Å². The Morgan fingerprint density at radius 2 is 1.48 bits per heavy atom. The molecule has 0 bridgehead atoms. The predicted molar refractivity (Wildman–Crippen MR) is 100.0 cm³/mol. The molecule has 0 heterocycles. The number of benzene rings is 2. The van der Waals surface area contributed by atoms with E-state index >= 15 is 0 Å². The Bertz CT molecular complexity index is 520. The first-order valence-corrected chi connectivity index (χ1v) is 8.85. The molecule has 0 spiro atoms. The second-order valence-electron chi connectivity index (χ2n) is 6.03. The quantitative estimate of drug-likeness (QED) is 0.669. The molecule has 0 aliphatic rings. The van der Waals surface area contributed by atoms with Crippen LogP contribution >= 0.6 is 0 Å². The van der Waals surface area contributed by atoms with Crippen LogP contribution in [0.5, 0.6) is 0 Å². The van der Waals surface area contributed by atoms with Crippen LogP contribution < -0.4 is 5.32 Å². The van der Waals surface area contributed by atoms with E-state index < -0.39 is 0 Å². The maximum absolute atomic E-state index is 3.66. The summed E-state index contributed by atoms with van der Waals surface area (Å²) in [5.74, 6) is 0.523. The number of hydrogen-bond donors (Lipinski definition) is 1. The van der Waals surface area contributed by atoms with Crippen molar-refractivity contribution in [2.45, 2.75) is 26.2 Å². The molecule has 2 nitrogen and oxygen atoms in total. The zero-order chi connectivity index (χ0) is 16.3. The van der Waals surface area contributed by atoms with Gasteiger partial charge < -0.3 is 10.2 Å². The van der Waals surface area contributed by atoms with Gasteiger partial charge in [0, 0.05) is 25.6 Å². The van der Waals surface area contributed by atoms with Crippen molar-refractivity contribution in [3.05, 3.63) is 71.8 Å². The van der Waals surface area contributed by atoms with Gasteiger partial charge in [-0.25, -0.2) is 0 Å². The van der Waals surface area contributed by atoms with Crippen LogP contribution in [0.1, 0.15) is 30.9 Å². The van der Waals surface area contributed by atoms with E-state index in [1.165, 1.54) is 11.1 Å². The molecule has 1 N–H and O–H groups in total. The Hall–Kier alpha value is -1.64. The van der Waals surface area contributed by atoms with Crippen LogP contribution in [-0.4, -0.2) is 37.6 Å². The zero-order valence-electron chi connectivity index (χ0n) is 14.5. The van der Waals surface area contributed by atoms with Gasteiger partial charge in [-0.1, -0.05) is 74.5 Å². The van der Waals surface area contributed by atoms with Gasteiger partial charge in [0.25, 0.3) is 0 Å². The van der Waals surface area contributed by atoms with E-state index in [1.54, 1.807) is 0 Å². The molecular weight excluding hydrogens is 280 g/mol. The number of hydrogen-bond acceptors (Lipinski definition) is 2. The topological polar surface area (TPSA) is 15.3 Å². The second kappa shape index (κ2) is 10.2. The largest absolute Gasteiger partial charge is 0.315 e. The van der Waals surface area contributed by atoms with E-state index in [9.17, 15) is 0 Å². The lowest BCUT2D eigenvalue weighted by Crippen LogP contribution is -2.34. The van der Waals surface area contributed by atoms with E-state index in [2.05, 4.69) is 84.7 Å². The molecule has 124 valence electrons. The van der Waals surface area contributed by atoms with Gasteiger partial charge in [0.2, 0.25) is 0 Å². The van der Waals surface area contributed by atoms with Crippen molar-refractivity contribution >= 4 is 0 Å². The van der Waals surface area contributed by atoms with Gasteiger partial charge in [0.15, 0.2) is 0 Å². The Morgan fingerprint density at radius 3 is 2.09 bits per heavy atom. The molecule has 2 aromatic rings. The molecule has 0 aliphatic carbocycles. The molecule has 0 radical (unpaired) electrons. The minimum absolute atomic E-state index is 0.523. The molecule has 1 atom stereocenters. The highest BCUT2D eigenvalue weighted by Crippen LogP contribution is 2.20. The SMILES string of the molecule is CCN(CC)CCNCC(Cc1ccccc1)c1ccccc1. The van der Waals surface area contributed by atoms with Crippen molar-refractivity contribution in [2.75, 3.05) is 32.7 Å². The Balaban J connectivity index is 1.92. The minimum Gasteiger partial charge on any atom is -0.315 e. The Morgan fingerprint density at radius 1 is 0.870 bits per heavy atom. The molecule has 1 unspecified atom stereocenters. The molecule has 0 amide bonds. The fraction of sp³-hybridized carbons (Fsp3) is 0.429. The molecule has 0 fully saturated rings. The predicted octanol–water partition coefficient (Wildman–Crippen LogP) is 3.94. The van der Waals surface area contributed by atoms with Crippen LogP contribution in [0, 0.1) is 0 Å². The summed E-state index contributed by atoms with van der Waals surface area (Å²) in [4.78, 5) is 2.46. The first-order chi connectivity index (χ1) is 11.3. The Labute approximate surface area is 141 Å². The van der Waals surface area contributed by atoms with E-state index in [0.717, 1.165) is 39.1 Å². The van der Waals surface area contributed by atoms with E-state index in [1.807, 2.05) is 0 Å². The van der Waals surface area contributed by atoms with Gasteiger partial charge >= 0.3 is 0 Å². The fourth-order valence-electron chi connectivity index (χ4n) is 2.98. The van der Waals surface area contributed by atoms with Crippen molar-refractivity contribution in [2.24, 2.45) is 0 Å². The van der Waals surface area contributed by atoms with Crippen molar-refractivity contribution in [3.8, 4) is 0 Å². The van der Waals surface area contributed by atoms with Crippen molar-refractivity contribution in [3.63, 3.8) is 0 Å². The van der Waals surface area contributed by atoms with Crippen LogP contribution in [0.4, 0.5) is 0 Å². The first-order valence-electron chi connectivity index (χ1n) is 8.85. The van der Waals surface area contributed by atoms with Gasteiger partial charge in [-0.15, -0.1) is 0 Å². The normalized spacial score (nSPS) is 12.5. The molecule has 0 saturated carbocycles. The highest BCUT2D eigenvalue weighted by Gasteiger charge is 2.12. The third-order valence-electron chi connectivity index (χ3n) is 4.49. The molecule has 0 aliphatic heterocycles. The summed E-state index contributed by atoms with van der Waals surface area (Å²) in [6, 6.07) is 21.7. The molecule has 23 heavy (non-hydrogen) atoms. The summed E-state index contributed by atoms with van der Waals surface area (Å²) < 4.78 is 0. The molecule has 2 heteroatoms. The summed E-state index contributed by atoms with van der Waals surface area (Å²) in [7, 11) is 0. The van der Waals surface area contributed by atoms with Gasteiger partial charge in [0.05, 0.1) is 0 Å². The molecular formula is C21H30N2. The van der Waals surface area contributed by atoms with E-state index in [4.69, 9.17) is 0 Å². The Kier molecular flexibility index (Phi) is 7.85. The van der Waals surface area contributed by atoms with Gasteiger partial charge in [-0.3, -0.25) is 0 Å². The lowest BCUT2D eigenvalue weighted by Gasteiger charge is -2.21. The van der Waals surface area contributed by atoms with Crippen molar-refractivity contribution in [1.82, 2.24) is 10.2 Å². The highest BCUT2D eigenvalue weighted by atomic mass is 15.1. The summed E-state index contributed by atoms with van der Waals surface area (Å²) in [6.07, 6.45) is 1.09.